The number of benzene rings is 1. The minimum atomic E-state index is -0.371. The summed E-state index contributed by atoms with van der Waals surface area (Å²) >= 11 is 0. The van der Waals surface area contributed by atoms with Crippen LogP contribution in [0.25, 0.3) is 0 Å². The van der Waals surface area contributed by atoms with Crippen molar-refractivity contribution < 1.29 is 14.3 Å². The Hall–Kier alpha value is -1.05. The molecule has 2 heterocycles. The summed E-state index contributed by atoms with van der Waals surface area (Å²) in [6.45, 7) is 5.88. The van der Waals surface area contributed by atoms with E-state index in [-0.39, 0.29) is 36.8 Å². The van der Waals surface area contributed by atoms with Crippen LogP contribution in [0.5, 0.6) is 0 Å². The highest BCUT2D eigenvalue weighted by molar-refractivity contribution is 5.85. The van der Waals surface area contributed by atoms with E-state index >= 15 is 0 Å². The zero-order chi connectivity index (χ0) is 16.1. The summed E-state index contributed by atoms with van der Waals surface area (Å²) in [7, 11) is 1.84. The third kappa shape index (κ3) is 5.72. The van der Waals surface area contributed by atoms with E-state index in [9.17, 15) is 4.79 Å². The van der Waals surface area contributed by atoms with Gasteiger partial charge in [-0.3, -0.25) is 4.79 Å². The molecular weight excluding hydrogens is 365 g/mol. The first-order chi connectivity index (χ1) is 11.3. The number of nitrogens with one attached hydrogen (secondary N) is 1. The van der Waals surface area contributed by atoms with Crippen molar-refractivity contribution in [2.45, 2.75) is 12.6 Å². The van der Waals surface area contributed by atoms with Gasteiger partial charge in [0.15, 0.2) is 0 Å². The van der Waals surface area contributed by atoms with Gasteiger partial charge in [0, 0.05) is 45.5 Å². The molecule has 8 heteroatoms. The SMILES string of the molecule is CN(Cc1ccccc1N1CCOCC1)C(=O)C1CNCCO1.Cl.Cl. The lowest BCUT2D eigenvalue weighted by molar-refractivity contribution is -0.144. The lowest BCUT2D eigenvalue weighted by Crippen LogP contribution is -2.48. The lowest BCUT2D eigenvalue weighted by Gasteiger charge is -2.32. The quantitative estimate of drug-likeness (QED) is 0.838. The molecule has 25 heavy (non-hydrogen) atoms. The van der Waals surface area contributed by atoms with Crippen molar-refractivity contribution in [2.75, 3.05) is 57.9 Å². The first-order valence-corrected chi connectivity index (χ1v) is 8.23. The Kier molecular flexibility index (Phi) is 9.53. The van der Waals surface area contributed by atoms with E-state index < -0.39 is 0 Å². The highest BCUT2D eigenvalue weighted by Gasteiger charge is 2.25. The number of hydrogen-bond acceptors (Lipinski definition) is 5. The molecule has 1 aromatic carbocycles. The van der Waals surface area contributed by atoms with Crippen molar-refractivity contribution in [3.05, 3.63) is 29.8 Å². The lowest BCUT2D eigenvalue weighted by atomic mass is 10.1. The third-order valence-corrected chi connectivity index (χ3v) is 4.33. The predicted molar refractivity (Wildman–Crippen MR) is 103 cm³/mol. The van der Waals surface area contributed by atoms with Crippen LogP contribution in [0.4, 0.5) is 5.69 Å². The minimum Gasteiger partial charge on any atom is -0.378 e. The number of likely N-dealkylation sites (N-methyl/N-ethyl adjacent to an activating group) is 1. The molecule has 1 aromatic rings. The fourth-order valence-corrected chi connectivity index (χ4v) is 3.06. The molecule has 6 nitrogen and oxygen atoms in total. The highest BCUT2D eigenvalue weighted by Crippen LogP contribution is 2.23. The summed E-state index contributed by atoms with van der Waals surface area (Å²) in [6, 6.07) is 8.28. The summed E-state index contributed by atoms with van der Waals surface area (Å²) in [5, 5.41) is 3.20. The molecule has 0 radical (unpaired) electrons. The fourth-order valence-electron chi connectivity index (χ4n) is 3.06. The van der Waals surface area contributed by atoms with Crippen LogP contribution < -0.4 is 10.2 Å². The number of carbonyl (C=O) groups excluding carboxylic acids is 1. The summed E-state index contributed by atoms with van der Waals surface area (Å²) in [5.74, 6) is 0.0361. The van der Waals surface area contributed by atoms with Crippen molar-refractivity contribution >= 4 is 36.4 Å². The molecule has 2 aliphatic rings. The van der Waals surface area contributed by atoms with Crippen LogP contribution in [0.2, 0.25) is 0 Å². The van der Waals surface area contributed by atoms with E-state index in [1.165, 1.54) is 5.69 Å². The smallest absolute Gasteiger partial charge is 0.253 e. The monoisotopic (exact) mass is 391 g/mol. The van der Waals surface area contributed by atoms with Gasteiger partial charge in [-0.05, 0) is 11.6 Å². The number of hydrogen-bond donors (Lipinski definition) is 1. The van der Waals surface area contributed by atoms with E-state index in [2.05, 4.69) is 22.3 Å². The van der Waals surface area contributed by atoms with Gasteiger partial charge in [0.05, 0.1) is 19.8 Å². The Balaban J connectivity index is 0.00000156. The summed E-state index contributed by atoms with van der Waals surface area (Å²) in [5.41, 5.74) is 2.35. The first-order valence-electron chi connectivity index (χ1n) is 8.23. The van der Waals surface area contributed by atoms with Gasteiger partial charge in [0.1, 0.15) is 6.10 Å². The molecule has 0 spiro atoms. The Bertz CT molecular complexity index is 536. The number of nitrogens with zero attached hydrogens (tertiary/aromatic N) is 2. The number of rotatable bonds is 4. The van der Waals surface area contributed by atoms with E-state index in [4.69, 9.17) is 9.47 Å². The number of anilines is 1. The maximum atomic E-state index is 12.5. The second kappa shape index (κ2) is 10.8. The summed E-state index contributed by atoms with van der Waals surface area (Å²) in [4.78, 5) is 16.6. The number of ether oxygens (including phenoxy) is 2. The first kappa shape index (κ1) is 22.0. The van der Waals surface area contributed by atoms with E-state index in [0.717, 1.165) is 38.4 Å². The topological polar surface area (TPSA) is 54.0 Å². The standard InChI is InChI=1S/C17H25N3O3.2ClH/c1-19(17(21)16-12-18-6-9-23-16)13-14-4-2-3-5-15(14)20-7-10-22-11-8-20;;/h2-5,16,18H,6-13H2,1H3;2*1H. The molecule has 2 fully saturated rings. The molecule has 3 rings (SSSR count). The van der Waals surface area contributed by atoms with Crippen molar-refractivity contribution in [3.63, 3.8) is 0 Å². The van der Waals surface area contributed by atoms with Crippen LogP contribution in [-0.2, 0) is 20.8 Å². The highest BCUT2D eigenvalue weighted by atomic mass is 35.5. The summed E-state index contributed by atoms with van der Waals surface area (Å²) in [6.07, 6.45) is -0.371. The zero-order valence-corrected chi connectivity index (χ0v) is 16.1. The van der Waals surface area contributed by atoms with Crippen LogP contribution >= 0.6 is 24.8 Å². The molecule has 1 unspecified atom stereocenters. The van der Waals surface area contributed by atoms with Gasteiger partial charge in [-0.25, -0.2) is 0 Å². The molecule has 0 aromatic heterocycles. The summed E-state index contributed by atoms with van der Waals surface area (Å²) < 4.78 is 11.0. The minimum absolute atomic E-state index is 0. The van der Waals surface area contributed by atoms with Crippen LogP contribution in [0.15, 0.2) is 24.3 Å². The van der Waals surface area contributed by atoms with Gasteiger partial charge in [0.25, 0.3) is 5.91 Å². The van der Waals surface area contributed by atoms with E-state index in [1.807, 2.05) is 19.2 Å². The van der Waals surface area contributed by atoms with Crippen LogP contribution in [0.1, 0.15) is 5.56 Å². The van der Waals surface area contributed by atoms with Gasteiger partial charge in [-0.15, -0.1) is 24.8 Å². The molecule has 0 bridgehead atoms. The molecule has 1 atom stereocenters. The molecule has 1 amide bonds. The molecular formula is C17H27Cl2N3O3. The maximum Gasteiger partial charge on any atom is 0.253 e. The Labute approximate surface area is 161 Å². The van der Waals surface area contributed by atoms with Crippen LogP contribution in [0, 0.1) is 0 Å². The van der Waals surface area contributed by atoms with E-state index in [0.29, 0.717) is 19.7 Å². The molecule has 0 saturated carbocycles. The predicted octanol–water partition coefficient (Wildman–Crippen LogP) is 1.31. The Morgan fingerprint density at radius 3 is 2.64 bits per heavy atom. The Morgan fingerprint density at radius 2 is 1.96 bits per heavy atom. The maximum absolute atomic E-state index is 12.5. The molecule has 2 saturated heterocycles. The van der Waals surface area contributed by atoms with Gasteiger partial charge >= 0.3 is 0 Å². The van der Waals surface area contributed by atoms with Gasteiger partial charge < -0.3 is 24.6 Å². The number of carbonyl (C=O) groups is 1. The van der Waals surface area contributed by atoms with Crippen molar-refractivity contribution in [3.8, 4) is 0 Å². The average molecular weight is 392 g/mol. The number of morpholine rings is 2. The van der Waals surface area contributed by atoms with Gasteiger partial charge in [-0.1, -0.05) is 18.2 Å². The molecule has 1 N–H and O–H groups in total. The third-order valence-electron chi connectivity index (χ3n) is 4.33. The van der Waals surface area contributed by atoms with Crippen LogP contribution in [-0.4, -0.2) is 70.0 Å². The zero-order valence-electron chi connectivity index (χ0n) is 14.5. The fraction of sp³-hybridized carbons (Fsp3) is 0.588. The largest absolute Gasteiger partial charge is 0.378 e. The number of halogens is 2. The van der Waals surface area contributed by atoms with E-state index in [1.54, 1.807) is 4.90 Å². The number of para-hydroxylation sites is 1. The molecule has 142 valence electrons. The van der Waals surface area contributed by atoms with Gasteiger partial charge in [0.2, 0.25) is 0 Å². The second-order valence-corrected chi connectivity index (χ2v) is 5.99. The van der Waals surface area contributed by atoms with Crippen LogP contribution in [0.3, 0.4) is 0 Å². The Morgan fingerprint density at radius 1 is 1.24 bits per heavy atom. The normalized spacial score (nSPS) is 20.2. The van der Waals surface area contributed by atoms with Crippen molar-refractivity contribution in [1.29, 1.82) is 0 Å². The second-order valence-electron chi connectivity index (χ2n) is 5.99. The average Bonchev–Trinajstić information content (AvgIpc) is 2.63. The van der Waals surface area contributed by atoms with Gasteiger partial charge in [-0.2, -0.15) is 0 Å². The van der Waals surface area contributed by atoms with Crippen molar-refractivity contribution in [2.24, 2.45) is 0 Å². The molecule has 0 aliphatic carbocycles. The van der Waals surface area contributed by atoms with Crippen molar-refractivity contribution in [1.82, 2.24) is 10.2 Å². The molecule has 2 aliphatic heterocycles. The number of amides is 1.